The van der Waals surface area contributed by atoms with E-state index in [1.54, 1.807) is 0 Å². The Balaban J connectivity index is 1.65. The zero-order valence-electron chi connectivity index (χ0n) is 17.4. The van der Waals surface area contributed by atoms with Crippen LogP contribution in [0.25, 0.3) is 6.08 Å². The Labute approximate surface area is 192 Å². The maximum Gasteiger partial charge on any atom is 0.331 e. The molecule has 2 atom stereocenters. The molecule has 0 spiro atoms. The van der Waals surface area contributed by atoms with Crippen molar-refractivity contribution in [3.05, 3.63) is 65.2 Å². The van der Waals surface area contributed by atoms with E-state index in [9.17, 15) is 40.5 Å². The van der Waals surface area contributed by atoms with Crippen LogP contribution in [-0.4, -0.2) is 47.8 Å². The van der Waals surface area contributed by atoms with Crippen LogP contribution in [0.1, 0.15) is 22.8 Å². The minimum Gasteiger partial charge on any atom is -0.508 e. The molecule has 34 heavy (non-hydrogen) atoms. The highest BCUT2D eigenvalue weighted by Gasteiger charge is 2.36. The van der Waals surface area contributed by atoms with Crippen molar-refractivity contribution in [3.63, 3.8) is 0 Å². The summed E-state index contributed by atoms with van der Waals surface area (Å²) in [7, 11) is 0. The number of carbonyl (C=O) groups is 1. The van der Waals surface area contributed by atoms with Crippen LogP contribution in [0.4, 0.5) is 0 Å². The van der Waals surface area contributed by atoms with Gasteiger partial charge in [0.1, 0.15) is 23.4 Å². The quantitative estimate of drug-likeness (QED) is 0.171. The molecule has 0 saturated heterocycles. The highest BCUT2D eigenvalue weighted by Crippen LogP contribution is 2.45. The smallest absolute Gasteiger partial charge is 0.331 e. The van der Waals surface area contributed by atoms with E-state index in [0.29, 0.717) is 5.56 Å². The van der Waals surface area contributed by atoms with Crippen molar-refractivity contribution in [3.8, 4) is 46.0 Å². The third-order valence-corrected chi connectivity index (χ3v) is 5.27. The van der Waals surface area contributed by atoms with Crippen molar-refractivity contribution in [2.24, 2.45) is 0 Å². The molecule has 0 radical (unpaired) electrons. The molecule has 7 N–H and O–H groups in total. The molecule has 0 unspecified atom stereocenters. The minimum absolute atomic E-state index is 0.0336. The monoisotopic (exact) mass is 468 g/mol. The summed E-state index contributed by atoms with van der Waals surface area (Å²) in [6, 6.07) is 8.59. The number of carbonyl (C=O) groups excluding carboxylic acids is 1. The van der Waals surface area contributed by atoms with E-state index in [-0.39, 0.29) is 46.3 Å². The molecule has 0 aliphatic carbocycles. The van der Waals surface area contributed by atoms with Gasteiger partial charge in [-0.3, -0.25) is 0 Å². The number of phenols is 7. The molecule has 0 fully saturated rings. The Morgan fingerprint density at radius 3 is 2.24 bits per heavy atom. The maximum atomic E-state index is 12.5. The highest BCUT2D eigenvalue weighted by atomic mass is 16.6. The summed E-state index contributed by atoms with van der Waals surface area (Å²) >= 11 is 0. The lowest BCUT2D eigenvalue weighted by Crippen LogP contribution is -2.34. The Morgan fingerprint density at radius 1 is 0.853 bits per heavy atom. The summed E-state index contributed by atoms with van der Waals surface area (Å²) in [6.45, 7) is 0. The molecular weight excluding hydrogens is 448 g/mol. The number of hydrogen-bond acceptors (Lipinski definition) is 10. The van der Waals surface area contributed by atoms with Crippen LogP contribution in [0.2, 0.25) is 0 Å². The molecule has 3 aromatic rings. The molecule has 0 bridgehead atoms. The molecule has 176 valence electrons. The summed E-state index contributed by atoms with van der Waals surface area (Å²) in [5, 5.41) is 68.4. The van der Waals surface area contributed by atoms with Gasteiger partial charge in [0.25, 0.3) is 0 Å². The average molecular weight is 468 g/mol. The zero-order valence-corrected chi connectivity index (χ0v) is 17.4. The largest absolute Gasteiger partial charge is 0.508 e. The number of benzene rings is 3. The maximum absolute atomic E-state index is 12.5. The van der Waals surface area contributed by atoms with Crippen LogP contribution >= 0.6 is 0 Å². The second kappa shape index (κ2) is 8.66. The van der Waals surface area contributed by atoms with Crippen molar-refractivity contribution >= 4 is 12.0 Å². The van der Waals surface area contributed by atoms with E-state index < -0.39 is 35.4 Å². The van der Waals surface area contributed by atoms with Crippen LogP contribution in [0.5, 0.6) is 46.0 Å². The molecule has 0 aromatic heterocycles. The molecule has 1 aliphatic heterocycles. The fourth-order valence-electron chi connectivity index (χ4n) is 3.62. The topological polar surface area (TPSA) is 177 Å². The van der Waals surface area contributed by atoms with Crippen LogP contribution in [0.15, 0.2) is 48.5 Å². The molecule has 0 amide bonds. The Bertz CT molecular complexity index is 1270. The van der Waals surface area contributed by atoms with Crippen LogP contribution in [0.3, 0.4) is 0 Å². The second-order valence-corrected chi connectivity index (χ2v) is 7.65. The van der Waals surface area contributed by atoms with Gasteiger partial charge >= 0.3 is 5.97 Å². The van der Waals surface area contributed by atoms with Crippen molar-refractivity contribution in [2.45, 2.75) is 18.6 Å². The van der Waals surface area contributed by atoms with E-state index in [2.05, 4.69) is 0 Å². The molecule has 3 aromatic carbocycles. The summed E-state index contributed by atoms with van der Waals surface area (Å²) < 4.78 is 11.4. The first-order valence-electron chi connectivity index (χ1n) is 9.99. The molecule has 10 heteroatoms. The predicted octanol–water partition coefficient (Wildman–Crippen LogP) is 2.93. The molecular formula is C24H20O10. The van der Waals surface area contributed by atoms with Gasteiger partial charge in [-0.15, -0.1) is 0 Å². The number of hydrogen-bond donors (Lipinski definition) is 7. The van der Waals surface area contributed by atoms with Crippen LogP contribution < -0.4 is 4.74 Å². The SMILES string of the molecule is O=C(C=Cc1ccc(O)c(O)c1)O[C@@H]1Cc2c(O)cc(O)cc2O[C@@H]1c1cc(O)c(O)c(O)c1. The number of phenolic OH excluding ortho intramolecular Hbond substituents is 7. The summed E-state index contributed by atoms with van der Waals surface area (Å²) in [5.41, 5.74) is 0.841. The van der Waals surface area contributed by atoms with Gasteiger partial charge in [0.2, 0.25) is 0 Å². The third kappa shape index (κ3) is 4.42. The molecule has 4 rings (SSSR count). The van der Waals surface area contributed by atoms with E-state index in [0.717, 1.165) is 24.3 Å². The summed E-state index contributed by atoms with van der Waals surface area (Å²) in [6.07, 6.45) is 0.273. The fourth-order valence-corrected chi connectivity index (χ4v) is 3.62. The van der Waals surface area contributed by atoms with Crippen LogP contribution in [0, 0.1) is 0 Å². The first kappa shape index (κ1) is 22.5. The first-order chi connectivity index (χ1) is 16.1. The van der Waals surface area contributed by atoms with Gasteiger partial charge < -0.3 is 45.2 Å². The van der Waals surface area contributed by atoms with Gasteiger partial charge in [-0.05, 0) is 35.9 Å². The van der Waals surface area contributed by atoms with Gasteiger partial charge in [0.15, 0.2) is 34.9 Å². The molecule has 1 aliphatic rings. The number of ether oxygens (including phenoxy) is 2. The predicted molar refractivity (Wildman–Crippen MR) is 117 cm³/mol. The number of esters is 1. The van der Waals surface area contributed by atoms with Gasteiger partial charge in [-0.1, -0.05) is 6.07 Å². The van der Waals surface area contributed by atoms with Crippen LogP contribution in [-0.2, 0) is 16.0 Å². The van der Waals surface area contributed by atoms with Gasteiger partial charge in [-0.2, -0.15) is 0 Å². The van der Waals surface area contributed by atoms with E-state index in [4.69, 9.17) is 9.47 Å². The number of rotatable bonds is 4. The minimum atomic E-state index is -1.08. The fraction of sp³-hybridized carbons (Fsp3) is 0.125. The first-order valence-corrected chi connectivity index (χ1v) is 9.99. The van der Waals surface area contributed by atoms with Crippen molar-refractivity contribution in [2.75, 3.05) is 0 Å². The van der Waals surface area contributed by atoms with Gasteiger partial charge in [0.05, 0.1) is 0 Å². The van der Waals surface area contributed by atoms with Crippen molar-refractivity contribution in [1.82, 2.24) is 0 Å². The van der Waals surface area contributed by atoms with E-state index in [1.807, 2.05) is 0 Å². The van der Waals surface area contributed by atoms with E-state index >= 15 is 0 Å². The Hall–Kier alpha value is -4.73. The Kier molecular flexibility index (Phi) is 5.72. The highest BCUT2D eigenvalue weighted by molar-refractivity contribution is 5.87. The van der Waals surface area contributed by atoms with Gasteiger partial charge in [-0.25, -0.2) is 4.79 Å². The lowest BCUT2D eigenvalue weighted by atomic mass is 9.93. The zero-order chi connectivity index (χ0) is 24.6. The second-order valence-electron chi connectivity index (χ2n) is 7.65. The molecule has 10 nitrogen and oxygen atoms in total. The van der Waals surface area contributed by atoms with E-state index in [1.165, 1.54) is 30.3 Å². The lowest BCUT2D eigenvalue weighted by Gasteiger charge is -2.33. The Morgan fingerprint density at radius 2 is 1.56 bits per heavy atom. The summed E-state index contributed by atoms with van der Waals surface area (Å²) in [5.74, 6) is -3.89. The standard InChI is InChI=1S/C24H20O10/c25-13-8-16(27)14-10-21(33-22(31)4-2-11-1-3-15(26)17(28)5-11)24(34-20(14)9-13)12-6-18(29)23(32)19(30)7-12/h1-9,21,24-30,32H,10H2/t21-,24-/m1/s1. The van der Waals surface area contributed by atoms with Gasteiger partial charge in [0, 0.05) is 35.8 Å². The molecule has 1 heterocycles. The number of aromatic hydroxyl groups is 7. The number of fused-ring (bicyclic) bond motifs is 1. The lowest BCUT2D eigenvalue weighted by molar-refractivity contribution is -0.149. The average Bonchev–Trinajstić information content (AvgIpc) is 2.78. The molecule has 0 saturated carbocycles. The summed E-state index contributed by atoms with van der Waals surface area (Å²) in [4.78, 5) is 12.5. The van der Waals surface area contributed by atoms with Crippen molar-refractivity contribution < 1.29 is 50.0 Å². The normalized spacial score (nSPS) is 17.2. The van der Waals surface area contributed by atoms with Crippen molar-refractivity contribution in [1.29, 1.82) is 0 Å². The third-order valence-electron chi connectivity index (χ3n) is 5.27.